The van der Waals surface area contributed by atoms with Gasteiger partial charge in [0, 0.05) is 60.2 Å². The molecule has 0 aromatic heterocycles. The number of allylic oxidation sites excluding steroid dienone is 4. The first-order chi connectivity index (χ1) is 33.8. The summed E-state index contributed by atoms with van der Waals surface area (Å²) in [5.74, 6) is 2.65. The van der Waals surface area contributed by atoms with Gasteiger partial charge in [-0.15, -0.1) is 0 Å². The normalized spacial score (nSPS) is 41.4. The first kappa shape index (κ1) is 42.5. The molecule has 15 rings (SSSR count). The van der Waals surface area contributed by atoms with E-state index in [-0.39, 0.29) is 35.7 Å². The number of carbonyl (C=O) groups excluding carboxylic acids is 2. The van der Waals surface area contributed by atoms with Crippen molar-refractivity contribution in [2.45, 2.75) is 165 Å². The Morgan fingerprint density at radius 1 is 0.884 bits per heavy atom. The zero-order valence-corrected chi connectivity index (χ0v) is 41.0. The third-order valence-corrected chi connectivity index (χ3v) is 22.4. The van der Waals surface area contributed by atoms with Crippen molar-refractivity contribution in [2.75, 3.05) is 19.6 Å². The summed E-state index contributed by atoms with van der Waals surface area (Å²) in [5, 5.41) is 13.9. The van der Waals surface area contributed by atoms with Crippen LogP contribution in [-0.4, -0.2) is 64.6 Å². The van der Waals surface area contributed by atoms with Crippen LogP contribution in [-0.2, 0) is 39.1 Å². The van der Waals surface area contributed by atoms with Crippen molar-refractivity contribution in [1.82, 2.24) is 9.80 Å². The molecule has 6 aliphatic carbocycles. The Balaban J connectivity index is 1.04. The van der Waals surface area contributed by atoms with E-state index >= 15 is 9.59 Å². The topological polar surface area (TPSA) is 105 Å². The van der Waals surface area contributed by atoms with Gasteiger partial charge in [-0.05, 0) is 155 Å². The number of aryl methyl sites for hydroxylation is 2. The van der Waals surface area contributed by atoms with Crippen molar-refractivity contribution in [3.05, 3.63) is 116 Å². The van der Waals surface area contributed by atoms with Crippen molar-refractivity contribution >= 4 is 11.9 Å². The SMILES string of the molecule is CC1CC2=C3C4C5=C6C=C(Cc7cccc(c7)CCCCC7C68C(=O)OC(=C(O)C6CCC9C%10CC(CN9C6CC6CCCCC6)C(CC2)N3C%10)C8(CC5)C72OC(=O)c3c(CCCN)cccc32)C14. The van der Waals surface area contributed by atoms with Gasteiger partial charge in [0.1, 0.15) is 11.2 Å². The standard InChI is InChI=1S/C61H73N3O5/c1-34-26-39-19-21-48-41-30-42-33-64(48)54(39)53-43-23-24-59-56(55(65)44-20-22-47(42)63(32-41)49(44)29-36-10-3-2-4-11-36)68-58(67)60(59)46(43)31-40(51(34)53)28-37-14-7-13-35(27-37)12-5-6-18-50(60)61(59)45-17-8-15-38(16-9-25-62)52(45)57(66)69-61/h7-8,13-15,17,27,31,34,36,41-42,44,47-51,53,65H,2-6,9-12,16,18-26,28-30,32-33,62H2,1H3. The highest BCUT2D eigenvalue weighted by molar-refractivity contribution is 6.00. The lowest BCUT2D eigenvalue weighted by Crippen LogP contribution is -2.77. The van der Waals surface area contributed by atoms with Crippen LogP contribution in [0, 0.1) is 58.2 Å². The summed E-state index contributed by atoms with van der Waals surface area (Å²) in [5.41, 5.74) is 15.5. The number of piperidine rings is 3. The van der Waals surface area contributed by atoms with E-state index in [0.29, 0.717) is 78.1 Å². The maximum absolute atomic E-state index is 16.4. The largest absolute Gasteiger partial charge is 0.508 e. The molecule has 4 saturated heterocycles. The Labute approximate surface area is 409 Å². The van der Waals surface area contributed by atoms with Gasteiger partial charge in [0.2, 0.25) is 0 Å². The lowest BCUT2D eigenvalue weighted by atomic mass is 9.28. The number of benzene rings is 2. The number of nitrogens with two attached hydrogens (primary N) is 1. The highest BCUT2D eigenvalue weighted by Crippen LogP contribution is 2.87. The summed E-state index contributed by atoms with van der Waals surface area (Å²) >= 11 is 0. The third-order valence-electron chi connectivity index (χ3n) is 22.4. The van der Waals surface area contributed by atoms with Gasteiger partial charge in [0.15, 0.2) is 11.4 Å². The minimum absolute atomic E-state index is 0.151. The van der Waals surface area contributed by atoms with Crippen molar-refractivity contribution in [2.24, 2.45) is 63.9 Å². The Morgan fingerprint density at radius 3 is 2.61 bits per heavy atom. The van der Waals surface area contributed by atoms with Crippen LogP contribution < -0.4 is 5.73 Å². The molecular weight excluding hydrogens is 855 g/mol. The second-order valence-corrected chi connectivity index (χ2v) is 25.1. The zero-order chi connectivity index (χ0) is 46.1. The number of esters is 2. The van der Waals surface area contributed by atoms with E-state index in [1.807, 2.05) is 0 Å². The Morgan fingerprint density at radius 2 is 1.72 bits per heavy atom. The number of ether oxygens (including phenoxy) is 2. The minimum Gasteiger partial charge on any atom is -0.508 e. The average Bonchev–Trinajstić information content (AvgIpc) is 3.81. The predicted molar refractivity (Wildman–Crippen MR) is 264 cm³/mol. The smallest absolute Gasteiger partial charge is 0.339 e. The average molecular weight is 928 g/mol. The van der Waals surface area contributed by atoms with E-state index in [0.717, 1.165) is 94.8 Å². The fourth-order valence-corrected chi connectivity index (χ4v) is 20.2. The van der Waals surface area contributed by atoms with Crippen LogP contribution in [0.15, 0.2) is 88.0 Å². The van der Waals surface area contributed by atoms with Gasteiger partial charge < -0.3 is 25.2 Å². The molecule has 3 N–H and O–H groups in total. The van der Waals surface area contributed by atoms with Crippen LogP contribution in [0.25, 0.3) is 0 Å². The molecule has 0 amide bonds. The van der Waals surface area contributed by atoms with Crippen molar-refractivity contribution < 1.29 is 24.2 Å². The number of aliphatic hydroxyl groups is 1. The number of carbonyl (C=O) groups is 2. The molecule has 13 aliphatic rings. The summed E-state index contributed by atoms with van der Waals surface area (Å²) in [4.78, 5) is 37.6. The van der Waals surface area contributed by atoms with Crippen molar-refractivity contribution in [1.29, 1.82) is 0 Å². The summed E-state index contributed by atoms with van der Waals surface area (Å²) in [6.45, 7) is 5.31. The number of nitrogens with zero attached hydrogens (tertiary/aromatic N) is 2. The van der Waals surface area contributed by atoms with Gasteiger partial charge in [-0.3, -0.25) is 9.69 Å². The van der Waals surface area contributed by atoms with Gasteiger partial charge in [0.05, 0.1) is 11.0 Å². The monoisotopic (exact) mass is 928 g/mol. The molecule has 13 unspecified atom stereocenters. The van der Waals surface area contributed by atoms with Crippen LogP contribution in [0.4, 0.5) is 0 Å². The van der Waals surface area contributed by atoms with E-state index in [2.05, 4.69) is 65.3 Å². The molecule has 2 aromatic rings. The maximum atomic E-state index is 16.4. The molecule has 8 nitrogen and oxygen atoms in total. The number of aliphatic hydroxyl groups excluding tert-OH is 1. The Bertz CT molecular complexity index is 2710. The van der Waals surface area contributed by atoms with Crippen molar-refractivity contribution in [3.8, 4) is 0 Å². The van der Waals surface area contributed by atoms with Crippen LogP contribution in [0.3, 0.4) is 0 Å². The molecule has 2 saturated carbocycles. The summed E-state index contributed by atoms with van der Waals surface area (Å²) in [6, 6.07) is 17.0. The third kappa shape index (κ3) is 5.34. The maximum Gasteiger partial charge on any atom is 0.339 e. The molecule has 2 aromatic carbocycles. The van der Waals surface area contributed by atoms with Gasteiger partial charge >= 0.3 is 11.9 Å². The number of fused-ring (bicyclic) bond motifs is 11. The van der Waals surface area contributed by atoms with Crippen molar-refractivity contribution in [3.63, 3.8) is 0 Å². The molecule has 0 radical (unpaired) electrons. The number of rotatable bonds is 5. The van der Waals surface area contributed by atoms with E-state index in [9.17, 15) is 5.11 Å². The Kier molecular flexibility index (Phi) is 9.37. The van der Waals surface area contributed by atoms with Gasteiger partial charge in [-0.1, -0.05) is 111 Å². The Hall–Kier alpha value is -4.14. The van der Waals surface area contributed by atoms with E-state index in [1.165, 1.54) is 79.2 Å². The molecule has 3 spiro atoms. The van der Waals surface area contributed by atoms with Gasteiger partial charge in [-0.25, -0.2) is 4.79 Å². The summed E-state index contributed by atoms with van der Waals surface area (Å²) < 4.78 is 14.6. The number of hydrogen-bond donors (Lipinski definition) is 2. The lowest BCUT2D eigenvalue weighted by molar-refractivity contribution is -0.276. The molecule has 11 bridgehead atoms. The second kappa shape index (κ2) is 15.2. The second-order valence-electron chi connectivity index (χ2n) is 25.1. The molecule has 7 heterocycles. The molecule has 362 valence electrons. The molecule has 8 heteroatoms. The predicted octanol–water partition coefficient (Wildman–Crippen LogP) is 10.9. The molecule has 7 aliphatic heterocycles. The van der Waals surface area contributed by atoms with E-state index in [1.54, 1.807) is 11.3 Å². The van der Waals surface area contributed by atoms with Crippen LogP contribution >= 0.6 is 0 Å². The lowest BCUT2D eigenvalue weighted by Gasteiger charge is -2.71. The quantitative estimate of drug-likeness (QED) is 0.286. The number of hydrogen-bond acceptors (Lipinski definition) is 8. The zero-order valence-electron chi connectivity index (χ0n) is 41.0. The molecule has 13 atom stereocenters. The van der Waals surface area contributed by atoms with Crippen LogP contribution in [0.2, 0.25) is 0 Å². The minimum atomic E-state index is -1.17. The van der Waals surface area contributed by atoms with Gasteiger partial charge in [-0.2, -0.15) is 0 Å². The van der Waals surface area contributed by atoms with E-state index in [4.69, 9.17) is 15.2 Å². The first-order valence-electron chi connectivity index (χ1n) is 28.2. The summed E-state index contributed by atoms with van der Waals surface area (Å²) in [7, 11) is 0. The molecule has 6 fully saturated rings. The fourth-order valence-electron chi connectivity index (χ4n) is 20.2. The van der Waals surface area contributed by atoms with E-state index < -0.39 is 16.4 Å². The van der Waals surface area contributed by atoms with Crippen LogP contribution in [0.5, 0.6) is 0 Å². The first-order valence-corrected chi connectivity index (χ1v) is 28.2. The fraction of sp³-hybridized carbons (Fsp3) is 0.639. The highest BCUT2D eigenvalue weighted by Gasteiger charge is 2.93. The van der Waals surface area contributed by atoms with Crippen LogP contribution in [0.1, 0.15) is 155 Å². The highest BCUT2D eigenvalue weighted by atomic mass is 16.6. The molecular formula is C61H73N3O5. The van der Waals surface area contributed by atoms with Gasteiger partial charge in [0.25, 0.3) is 0 Å². The summed E-state index contributed by atoms with van der Waals surface area (Å²) in [6.07, 6.45) is 24.2. The molecule has 69 heavy (non-hydrogen) atoms.